The molecule has 0 radical (unpaired) electrons. The van der Waals surface area contributed by atoms with Crippen LogP contribution in [0.4, 0.5) is 0 Å². The Morgan fingerprint density at radius 3 is 2.95 bits per heavy atom. The maximum absolute atomic E-state index is 6.43. The SMILES string of the molecule is CCCc1nccn1-c1ccc(CNCCOC)cc1Cl. The van der Waals surface area contributed by atoms with Crippen molar-refractivity contribution < 1.29 is 4.74 Å². The van der Waals surface area contributed by atoms with E-state index >= 15 is 0 Å². The average molecular weight is 308 g/mol. The van der Waals surface area contributed by atoms with Crippen LogP contribution >= 0.6 is 11.6 Å². The van der Waals surface area contributed by atoms with E-state index in [4.69, 9.17) is 16.3 Å². The predicted octanol–water partition coefficient (Wildman–Crippen LogP) is 3.21. The van der Waals surface area contributed by atoms with Gasteiger partial charge in [0.1, 0.15) is 5.82 Å². The molecule has 1 heterocycles. The van der Waals surface area contributed by atoms with Gasteiger partial charge in [-0.05, 0) is 24.1 Å². The van der Waals surface area contributed by atoms with E-state index in [1.165, 1.54) is 0 Å². The number of aromatic nitrogens is 2. The normalized spacial score (nSPS) is 11.0. The van der Waals surface area contributed by atoms with E-state index in [1.54, 1.807) is 7.11 Å². The second-order valence-electron chi connectivity index (χ2n) is 4.92. The molecular formula is C16H22ClN3O. The largest absolute Gasteiger partial charge is 0.383 e. The fourth-order valence-electron chi connectivity index (χ4n) is 2.22. The lowest BCUT2D eigenvalue weighted by Gasteiger charge is -2.11. The molecule has 114 valence electrons. The Balaban J connectivity index is 2.10. The van der Waals surface area contributed by atoms with Crippen molar-refractivity contribution in [3.05, 3.63) is 47.0 Å². The van der Waals surface area contributed by atoms with E-state index in [0.717, 1.165) is 48.0 Å². The number of nitrogens with one attached hydrogen (secondary N) is 1. The van der Waals surface area contributed by atoms with Crippen molar-refractivity contribution in [2.45, 2.75) is 26.3 Å². The molecule has 0 aliphatic rings. The lowest BCUT2D eigenvalue weighted by Crippen LogP contribution is -2.18. The Kier molecular flexibility index (Phi) is 6.23. The van der Waals surface area contributed by atoms with Gasteiger partial charge in [-0.15, -0.1) is 0 Å². The second-order valence-corrected chi connectivity index (χ2v) is 5.33. The molecule has 0 amide bonds. The number of hydrogen-bond acceptors (Lipinski definition) is 3. The Hall–Kier alpha value is -1.36. The van der Waals surface area contributed by atoms with Crippen LogP contribution < -0.4 is 5.32 Å². The van der Waals surface area contributed by atoms with Gasteiger partial charge < -0.3 is 14.6 Å². The van der Waals surface area contributed by atoms with Crippen molar-refractivity contribution in [2.75, 3.05) is 20.3 Å². The van der Waals surface area contributed by atoms with Crippen LogP contribution in [0.25, 0.3) is 5.69 Å². The van der Waals surface area contributed by atoms with Crippen LogP contribution in [0.15, 0.2) is 30.6 Å². The Labute approximate surface area is 131 Å². The van der Waals surface area contributed by atoms with Gasteiger partial charge in [-0.2, -0.15) is 0 Å². The first-order valence-electron chi connectivity index (χ1n) is 7.27. The fraction of sp³-hybridized carbons (Fsp3) is 0.438. The molecule has 1 aromatic heterocycles. The van der Waals surface area contributed by atoms with E-state index in [-0.39, 0.29) is 0 Å². The van der Waals surface area contributed by atoms with Gasteiger partial charge in [0.2, 0.25) is 0 Å². The molecule has 0 spiro atoms. The Morgan fingerprint density at radius 2 is 2.24 bits per heavy atom. The van der Waals surface area contributed by atoms with E-state index < -0.39 is 0 Å². The summed E-state index contributed by atoms with van der Waals surface area (Å²) >= 11 is 6.43. The fourth-order valence-corrected chi connectivity index (χ4v) is 2.52. The van der Waals surface area contributed by atoms with Crippen molar-refractivity contribution in [1.82, 2.24) is 14.9 Å². The van der Waals surface area contributed by atoms with E-state index in [0.29, 0.717) is 6.61 Å². The first-order valence-corrected chi connectivity index (χ1v) is 7.64. The maximum atomic E-state index is 6.43. The number of methoxy groups -OCH3 is 1. The zero-order valence-electron chi connectivity index (χ0n) is 12.6. The van der Waals surface area contributed by atoms with Crippen LogP contribution in [-0.2, 0) is 17.7 Å². The zero-order chi connectivity index (χ0) is 15.1. The van der Waals surface area contributed by atoms with Crippen molar-refractivity contribution >= 4 is 11.6 Å². The Morgan fingerprint density at radius 1 is 1.38 bits per heavy atom. The standard InChI is InChI=1S/C16H22ClN3O/c1-3-4-16-19-7-9-20(16)15-6-5-13(11-14(15)17)12-18-8-10-21-2/h5-7,9,11,18H,3-4,8,10,12H2,1-2H3. The minimum atomic E-state index is 0.710. The Bertz CT molecular complexity index is 568. The van der Waals surface area contributed by atoms with Crippen molar-refractivity contribution in [2.24, 2.45) is 0 Å². The lowest BCUT2D eigenvalue weighted by atomic mass is 10.2. The van der Waals surface area contributed by atoms with Gasteiger partial charge in [0.15, 0.2) is 0 Å². The lowest BCUT2D eigenvalue weighted by molar-refractivity contribution is 0.199. The molecule has 0 aliphatic carbocycles. The molecule has 1 aromatic carbocycles. The number of halogens is 1. The molecule has 5 heteroatoms. The van der Waals surface area contributed by atoms with Gasteiger partial charge in [0, 0.05) is 39.0 Å². The highest BCUT2D eigenvalue weighted by molar-refractivity contribution is 6.32. The first-order chi connectivity index (χ1) is 10.3. The molecule has 2 rings (SSSR count). The monoisotopic (exact) mass is 307 g/mol. The highest BCUT2D eigenvalue weighted by atomic mass is 35.5. The van der Waals surface area contributed by atoms with Crippen molar-refractivity contribution in [3.63, 3.8) is 0 Å². The van der Waals surface area contributed by atoms with Crippen LogP contribution in [0, 0.1) is 0 Å². The minimum Gasteiger partial charge on any atom is -0.383 e. The van der Waals surface area contributed by atoms with Gasteiger partial charge in [-0.1, -0.05) is 24.6 Å². The van der Waals surface area contributed by atoms with Gasteiger partial charge in [-0.25, -0.2) is 4.98 Å². The molecule has 21 heavy (non-hydrogen) atoms. The van der Waals surface area contributed by atoms with Gasteiger partial charge >= 0.3 is 0 Å². The third-order valence-corrected chi connectivity index (χ3v) is 3.58. The molecule has 1 N–H and O–H groups in total. The van der Waals surface area contributed by atoms with E-state index in [9.17, 15) is 0 Å². The topological polar surface area (TPSA) is 39.1 Å². The molecule has 2 aromatic rings. The molecule has 0 atom stereocenters. The van der Waals surface area contributed by atoms with Crippen molar-refractivity contribution in [1.29, 1.82) is 0 Å². The average Bonchev–Trinajstić information content (AvgIpc) is 2.92. The summed E-state index contributed by atoms with van der Waals surface area (Å²) in [4.78, 5) is 4.39. The molecule has 0 saturated carbocycles. The quantitative estimate of drug-likeness (QED) is 0.761. The molecule has 4 nitrogen and oxygen atoms in total. The highest BCUT2D eigenvalue weighted by Crippen LogP contribution is 2.23. The number of benzene rings is 1. The summed E-state index contributed by atoms with van der Waals surface area (Å²) in [5.74, 6) is 1.05. The van der Waals surface area contributed by atoms with Crippen molar-refractivity contribution in [3.8, 4) is 5.69 Å². The molecule has 0 unspecified atom stereocenters. The minimum absolute atomic E-state index is 0.710. The smallest absolute Gasteiger partial charge is 0.113 e. The van der Waals surface area contributed by atoms with E-state index in [2.05, 4.69) is 33.9 Å². The summed E-state index contributed by atoms with van der Waals surface area (Å²) in [5, 5.41) is 4.06. The summed E-state index contributed by atoms with van der Waals surface area (Å²) in [6, 6.07) is 6.15. The van der Waals surface area contributed by atoms with Crippen LogP contribution in [0.5, 0.6) is 0 Å². The molecule has 0 saturated heterocycles. The first kappa shape index (κ1) is 16.0. The number of ether oxygens (including phenoxy) is 1. The summed E-state index contributed by atoms with van der Waals surface area (Å²) in [6.45, 7) is 4.48. The van der Waals surface area contributed by atoms with Crippen LogP contribution in [0.2, 0.25) is 5.02 Å². The molecular weight excluding hydrogens is 286 g/mol. The number of nitrogens with zero attached hydrogens (tertiary/aromatic N) is 2. The predicted molar refractivity (Wildman–Crippen MR) is 86.2 cm³/mol. The summed E-state index contributed by atoms with van der Waals surface area (Å²) in [7, 11) is 1.70. The van der Waals surface area contributed by atoms with Gasteiger partial charge in [0.25, 0.3) is 0 Å². The number of rotatable bonds is 8. The van der Waals surface area contributed by atoms with Crippen LogP contribution in [0.3, 0.4) is 0 Å². The van der Waals surface area contributed by atoms with Gasteiger partial charge in [0.05, 0.1) is 17.3 Å². The summed E-state index contributed by atoms with van der Waals surface area (Å²) < 4.78 is 7.07. The summed E-state index contributed by atoms with van der Waals surface area (Å²) in [6.07, 6.45) is 5.80. The number of aryl methyl sites for hydroxylation is 1. The zero-order valence-corrected chi connectivity index (χ0v) is 13.4. The number of imidazole rings is 1. The molecule has 0 aliphatic heterocycles. The van der Waals surface area contributed by atoms with Gasteiger partial charge in [-0.3, -0.25) is 0 Å². The van der Waals surface area contributed by atoms with E-state index in [1.807, 2.05) is 18.5 Å². The second kappa shape index (κ2) is 8.17. The third-order valence-electron chi connectivity index (χ3n) is 3.27. The molecule has 0 bridgehead atoms. The van der Waals surface area contributed by atoms with Crippen LogP contribution in [-0.4, -0.2) is 29.8 Å². The highest BCUT2D eigenvalue weighted by Gasteiger charge is 2.08. The maximum Gasteiger partial charge on any atom is 0.113 e. The molecule has 0 fully saturated rings. The summed E-state index contributed by atoms with van der Waals surface area (Å²) in [5.41, 5.74) is 2.15. The number of hydrogen-bond donors (Lipinski definition) is 1. The van der Waals surface area contributed by atoms with Crippen LogP contribution in [0.1, 0.15) is 24.7 Å². The third kappa shape index (κ3) is 4.30.